The van der Waals surface area contributed by atoms with E-state index in [1.54, 1.807) is 55.6 Å². The molecule has 27 heavy (non-hydrogen) atoms. The van der Waals surface area contributed by atoms with Crippen molar-refractivity contribution in [2.24, 2.45) is 0 Å². The van der Waals surface area contributed by atoms with E-state index in [4.69, 9.17) is 9.15 Å². The normalized spacial score (nSPS) is 10.4. The number of hydrogen-bond acceptors (Lipinski definition) is 5. The molecule has 0 spiro atoms. The smallest absolute Gasteiger partial charge is 0.340 e. The molecule has 0 saturated carbocycles. The maximum Gasteiger partial charge on any atom is 0.340 e. The van der Waals surface area contributed by atoms with Crippen molar-refractivity contribution in [1.82, 2.24) is 4.57 Å². The van der Waals surface area contributed by atoms with Crippen LogP contribution >= 0.6 is 0 Å². The van der Waals surface area contributed by atoms with Gasteiger partial charge in [0.2, 0.25) is 0 Å². The lowest BCUT2D eigenvalue weighted by Crippen LogP contribution is -2.18. The maximum absolute atomic E-state index is 12.5. The summed E-state index contributed by atoms with van der Waals surface area (Å²) < 4.78 is 12.0. The number of nitrogens with one attached hydrogen (secondary N) is 1. The number of benzene rings is 1. The Kier molecular flexibility index (Phi) is 5.51. The van der Waals surface area contributed by atoms with Crippen LogP contribution in [0.4, 0.5) is 5.69 Å². The van der Waals surface area contributed by atoms with Crippen LogP contribution in [0.15, 0.2) is 70.0 Å². The largest absolute Gasteiger partial charge is 0.462 e. The molecule has 0 bridgehead atoms. The minimum atomic E-state index is -0.517. The molecule has 1 aromatic carbocycles. The van der Waals surface area contributed by atoms with Gasteiger partial charge in [-0.1, -0.05) is 18.2 Å². The molecule has 1 amide bonds. The van der Waals surface area contributed by atoms with Crippen LogP contribution in [0.5, 0.6) is 0 Å². The minimum Gasteiger partial charge on any atom is -0.462 e. The number of aromatic nitrogens is 1. The van der Waals surface area contributed by atoms with Crippen molar-refractivity contribution in [2.45, 2.75) is 13.5 Å². The number of hydrogen-bond donors (Lipinski definition) is 1. The Morgan fingerprint density at radius 2 is 1.85 bits per heavy atom. The first-order valence-corrected chi connectivity index (χ1v) is 8.40. The molecule has 0 aliphatic carbocycles. The molecule has 0 saturated heterocycles. The van der Waals surface area contributed by atoms with E-state index in [1.165, 1.54) is 16.7 Å². The lowest BCUT2D eigenvalue weighted by Gasteiger charge is -2.09. The number of furan rings is 1. The van der Waals surface area contributed by atoms with Crippen LogP contribution in [-0.2, 0) is 11.3 Å². The average molecular weight is 366 g/mol. The second kappa shape index (κ2) is 8.18. The number of carbonyl (C=O) groups is 2. The molecule has 0 aliphatic heterocycles. The van der Waals surface area contributed by atoms with Crippen LogP contribution in [0.2, 0.25) is 0 Å². The third-order valence-electron chi connectivity index (χ3n) is 3.78. The van der Waals surface area contributed by atoms with Gasteiger partial charge in [-0.2, -0.15) is 0 Å². The quantitative estimate of drug-likeness (QED) is 0.678. The summed E-state index contributed by atoms with van der Waals surface area (Å²) in [5.41, 5.74) is 0.428. The van der Waals surface area contributed by atoms with Gasteiger partial charge in [0.25, 0.3) is 11.5 Å². The summed E-state index contributed by atoms with van der Waals surface area (Å²) in [6, 6.07) is 14.6. The third kappa shape index (κ3) is 4.33. The molecule has 1 N–H and O–H groups in total. The van der Waals surface area contributed by atoms with Crippen molar-refractivity contribution in [3.8, 4) is 0 Å². The van der Waals surface area contributed by atoms with Gasteiger partial charge < -0.3 is 19.0 Å². The first kappa shape index (κ1) is 18.2. The van der Waals surface area contributed by atoms with Gasteiger partial charge in [-0.15, -0.1) is 0 Å². The SMILES string of the molecule is CCOC(=O)c1ccccc1NC(=O)c1ccc(Cn2ccccc2=O)o1. The van der Waals surface area contributed by atoms with Crippen LogP contribution in [-0.4, -0.2) is 23.1 Å². The van der Waals surface area contributed by atoms with E-state index < -0.39 is 11.9 Å². The zero-order chi connectivity index (χ0) is 19.2. The number of rotatable bonds is 6. The predicted octanol–water partition coefficient (Wildman–Crippen LogP) is 2.92. The molecular weight excluding hydrogens is 348 g/mol. The predicted molar refractivity (Wildman–Crippen MR) is 98.9 cm³/mol. The standard InChI is InChI=1S/C20H18N2O5/c1-2-26-20(25)15-7-3-4-8-16(15)21-19(24)17-11-10-14(27-17)13-22-12-6-5-9-18(22)23/h3-12H,2,13H2,1H3,(H,21,24). The van der Waals surface area contributed by atoms with Gasteiger partial charge in [0.05, 0.1) is 24.4 Å². The molecular formula is C20H18N2O5. The van der Waals surface area contributed by atoms with Gasteiger partial charge in [-0.05, 0) is 37.3 Å². The average Bonchev–Trinajstić information content (AvgIpc) is 3.13. The summed E-state index contributed by atoms with van der Waals surface area (Å²) in [4.78, 5) is 36.2. The summed E-state index contributed by atoms with van der Waals surface area (Å²) >= 11 is 0. The van der Waals surface area contributed by atoms with Crippen LogP contribution in [0.25, 0.3) is 0 Å². The molecule has 7 heteroatoms. The molecule has 0 aliphatic rings. The summed E-state index contributed by atoms with van der Waals surface area (Å²) in [5.74, 6) is -0.477. The van der Waals surface area contributed by atoms with E-state index in [1.807, 2.05) is 0 Å². The van der Waals surface area contributed by atoms with Gasteiger partial charge in [-0.25, -0.2) is 4.79 Å². The van der Waals surface area contributed by atoms with E-state index in [0.717, 1.165) is 0 Å². The summed E-state index contributed by atoms with van der Waals surface area (Å²) in [7, 11) is 0. The fraction of sp³-hybridized carbons (Fsp3) is 0.150. The lowest BCUT2D eigenvalue weighted by atomic mass is 10.1. The molecule has 0 atom stereocenters. The van der Waals surface area contributed by atoms with E-state index in [9.17, 15) is 14.4 Å². The molecule has 0 fully saturated rings. The van der Waals surface area contributed by atoms with Crippen molar-refractivity contribution in [3.05, 3.63) is 88.2 Å². The molecule has 0 unspecified atom stereocenters. The van der Waals surface area contributed by atoms with Crippen LogP contribution in [0, 0.1) is 0 Å². The van der Waals surface area contributed by atoms with Crippen molar-refractivity contribution in [2.75, 3.05) is 11.9 Å². The highest BCUT2D eigenvalue weighted by atomic mass is 16.5. The number of amides is 1. The van der Waals surface area contributed by atoms with Crippen molar-refractivity contribution in [1.29, 1.82) is 0 Å². The Labute approximate surface area is 155 Å². The molecule has 2 heterocycles. The van der Waals surface area contributed by atoms with E-state index in [2.05, 4.69) is 5.32 Å². The molecule has 3 rings (SSSR count). The Hall–Kier alpha value is -3.61. The second-order valence-electron chi connectivity index (χ2n) is 5.65. The Morgan fingerprint density at radius 1 is 1.07 bits per heavy atom. The van der Waals surface area contributed by atoms with Crippen LogP contribution < -0.4 is 10.9 Å². The monoisotopic (exact) mass is 366 g/mol. The zero-order valence-electron chi connectivity index (χ0n) is 14.7. The first-order chi connectivity index (χ1) is 13.1. The lowest BCUT2D eigenvalue weighted by molar-refractivity contribution is 0.0527. The van der Waals surface area contributed by atoms with Crippen LogP contribution in [0.3, 0.4) is 0 Å². The van der Waals surface area contributed by atoms with Gasteiger partial charge in [0.15, 0.2) is 5.76 Å². The topological polar surface area (TPSA) is 90.5 Å². The van der Waals surface area contributed by atoms with E-state index in [0.29, 0.717) is 11.4 Å². The fourth-order valence-electron chi connectivity index (χ4n) is 2.51. The number of carbonyl (C=O) groups excluding carboxylic acids is 2. The Balaban J connectivity index is 1.75. The highest BCUT2D eigenvalue weighted by Crippen LogP contribution is 2.18. The summed E-state index contributed by atoms with van der Waals surface area (Å²) in [6.07, 6.45) is 1.64. The zero-order valence-corrected chi connectivity index (χ0v) is 14.7. The van der Waals surface area contributed by atoms with Crippen LogP contribution in [0.1, 0.15) is 33.6 Å². The van der Waals surface area contributed by atoms with Gasteiger partial charge in [-0.3, -0.25) is 9.59 Å². The molecule has 7 nitrogen and oxygen atoms in total. The Bertz CT molecular complexity index is 1020. The third-order valence-corrected chi connectivity index (χ3v) is 3.78. The highest BCUT2D eigenvalue weighted by molar-refractivity contribution is 6.06. The van der Waals surface area contributed by atoms with E-state index >= 15 is 0 Å². The number of nitrogens with zero attached hydrogens (tertiary/aromatic N) is 1. The number of para-hydroxylation sites is 1. The number of anilines is 1. The van der Waals surface area contributed by atoms with Gasteiger partial charge in [0, 0.05) is 12.3 Å². The minimum absolute atomic E-state index is 0.0765. The number of pyridine rings is 1. The first-order valence-electron chi connectivity index (χ1n) is 8.40. The highest BCUT2D eigenvalue weighted by Gasteiger charge is 2.17. The molecule has 2 aromatic heterocycles. The Morgan fingerprint density at radius 3 is 2.63 bits per heavy atom. The van der Waals surface area contributed by atoms with E-state index in [-0.39, 0.29) is 30.0 Å². The molecule has 138 valence electrons. The number of ether oxygens (including phenoxy) is 1. The second-order valence-corrected chi connectivity index (χ2v) is 5.65. The number of esters is 1. The maximum atomic E-state index is 12.5. The van der Waals surface area contributed by atoms with Crippen molar-refractivity contribution in [3.63, 3.8) is 0 Å². The summed E-state index contributed by atoms with van der Waals surface area (Å²) in [5, 5.41) is 2.65. The van der Waals surface area contributed by atoms with Crippen molar-refractivity contribution < 1.29 is 18.7 Å². The molecule has 0 radical (unpaired) electrons. The van der Waals surface area contributed by atoms with Gasteiger partial charge in [0.1, 0.15) is 5.76 Å². The molecule has 3 aromatic rings. The van der Waals surface area contributed by atoms with Crippen molar-refractivity contribution >= 4 is 17.6 Å². The van der Waals surface area contributed by atoms with Gasteiger partial charge >= 0.3 is 5.97 Å². The summed E-state index contributed by atoms with van der Waals surface area (Å²) in [6.45, 7) is 2.16. The fourth-order valence-corrected chi connectivity index (χ4v) is 2.51.